The summed E-state index contributed by atoms with van der Waals surface area (Å²) in [6.45, 7) is 2.36. The fourth-order valence-electron chi connectivity index (χ4n) is 2.01. The summed E-state index contributed by atoms with van der Waals surface area (Å²) in [5, 5.41) is -3.86. The van der Waals surface area contributed by atoms with E-state index in [1.807, 2.05) is 0 Å². The van der Waals surface area contributed by atoms with E-state index >= 15 is 0 Å². The van der Waals surface area contributed by atoms with Crippen molar-refractivity contribution in [2.45, 2.75) is 44.3 Å². The molecule has 0 aliphatic carbocycles. The standard InChI is InChI=1S/C13H22F2INO3S/c1-2-3-4-5-6-12(16)11-13(14,15)21(18,19)17-7-9-20-10-8-17/h11H,2-10H2,1H3. The molecule has 0 aromatic carbocycles. The van der Waals surface area contributed by atoms with Gasteiger partial charge in [-0.1, -0.05) is 26.2 Å². The van der Waals surface area contributed by atoms with Gasteiger partial charge in [-0.05, 0) is 39.0 Å². The lowest BCUT2D eigenvalue weighted by molar-refractivity contribution is 0.0634. The van der Waals surface area contributed by atoms with E-state index in [-0.39, 0.29) is 26.3 Å². The molecular weight excluding hydrogens is 415 g/mol. The first-order chi connectivity index (χ1) is 9.81. The molecule has 0 unspecified atom stereocenters. The lowest BCUT2D eigenvalue weighted by atomic mass is 10.1. The van der Waals surface area contributed by atoms with Gasteiger partial charge in [0.15, 0.2) is 0 Å². The number of sulfonamides is 1. The second kappa shape index (κ2) is 8.73. The predicted octanol–water partition coefficient (Wildman–Crippen LogP) is 3.53. The Labute approximate surface area is 139 Å². The SMILES string of the molecule is CCCCCCC(I)=CC(F)(F)S(=O)(=O)N1CCOCC1. The maximum Gasteiger partial charge on any atom is 0.378 e. The zero-order chi connectivity index (χ0) is 15.9. The Balaban J connectivity index is 2.68. The van der Waals surface area contributed by atoms with Crippen molar-refractivity contribution in [2.75, 3.05) is 26.3 Å². The van der Waals surface area contributed by atoms with Crippen LogP contribution in [0.25, 0.3) is 0 Å². The summed E-state index contributed by atoms with van der Waals surface area (Å²) in [5.74, 6) is 0. The Kier molecular flexibility index (Phi) is 8.00. The first kappa shape index (κ1) is 19.2. The van der Waals surface area contributed by atoms with Crippen LogP contribution in [0.5, 0.6) is 0 Å². The summed E-state index contributed by atoms with van der Waals surface area (Å²) >= 11 is 1.80. The Morgan fingerprint density at radius 1 is 1.29 bits per heavy atom. The molecule has 0 amide bonds. The van der Waals surface area contributed by atoms with Crippen molar-refractivity contribution in [2.24, 2.45) is 0 Å². The van der Waals surface area contributed by atoms with Crippen LogP contribution in [-0.2, 0) is 14.8 Å². The zero-order valence-electron chi connectivity index (χ0n) is 12.2. The lowest BCUT2D eigenvalue weighted by Crippen LogP contribution is -2.47. The van der Waals surface area contributed by atoms with Crippen LogP contribution in [0.4, 0.5) is 8.78 Å². The van der Waals surface area contributed by atoms with Crippen LogP contribution in [0.15, 0.2) is 9.66 Å². The Hall–Kier alpha value is 0.200. The van der Waals surface area contributed by atoms with E-state index in [0.29, 0.717) is 16.1 Å². The highest BCUT2D eigenvalue weighted by Gasteiger charge is 2.47. The van der Waals surface area contributed by atoms with Gasteiger partial charge in [-0.3, -0.25) is 0 Å². The molecule has 1 fully saturated rings. The predicted molar refractivity (Wildman–Crippen MR) is 87.1 cm³/mol. The summed E-state index contributed by atoms with van der Waals surface area (Å²) in [6.07, 6.45) is 4.99. The van der Waals surface area contributed by atoms with Crippen LogP contribution in [0.1, 0.15) is 39.0 Å². The van der Waals surface area contributed by atoms with Crippen molar-refractivity contribution in [1.82, 2.24) is 4.31 Å². The monoisotopic (exact) mass is 437 g/mol. The van der Waals surface area contributed by atoms with E-state index in [4.69, 9.17) is 4.74 Å². The fourth-order valence-corrected chi connectivity index (χ4v) is 4.26. The Bertz CT molecular complexity index is 448. The number of rotatable bonds is 8. The highest BCUT2D eigenvalue weighted by atomic mass is 127. The Morgan fingerprint density at radius 2 is 1.90 bits per heavy atom. The van der Waals surface area contributed by atoms with Crippen LogP contribution in [0.3, 0.4) is 0 Å². The molecule has 1 saturated heterocycles. The normalized spacial score (nSPS) is 19.0. The minimum Gasteiger partial charge on any atom is -0.379 e. The number of hydrogen-bond acceptors (Lipinski definition) is 3. The number of nitrogens with zero attached hydrogens (tertiary/aromatic N) is 1. The van der Waals surface area contributed by atoms with Gasteiger partial charge < -0.3 is 4.74 Å². The molecule has 124 valence electrons. The average Bonchev–Trinajstić information content (AvgIpc) is 2.44. The summed E-state index contributed by atoms with van der Waals surface area (Å²) < 4.78 is 58.3. The molecule has 8 heteroatoms. The van der Waals surface area contributed by atoms with Crippen molar-refractivity contribution in [1.29, 1.82) is 0 Å². The summed E-state index contributed by atoms with van der Waals surface area (Å²) in [5.41, 5.74) is 0. The van der Waals surface area contributed by atoms with Gasteiger partial charge in [0.2, 0.25) is 0 Å². The number of unbranched alkanes of at least 4 members (excludes halogenated alkanes) is 3. The van der Waals surface area contributed by atoms with E-state index in [1.165, 1.54) is 0 Å². The average molecular weight is 437 g/mol. The van der Waals surface area contributed by atoms with Gasteiger partial charge in [0.1, 0.15) is 0 Å². The van der Waals surface area contributed by atoms with Crippen molar-refractivity contribution in [3.05, 3.63) is 9.66 Å². The molecule has 1 rings (SSSR count). The van der Waals surface area contributed by atoms with Crippen LogP contribution in [-0.4, -0.2) is 44.3 Å². The second-order valence-electron chi connectivity index (χ2n) is 4.98. The van der Waals surface area contributed by atoms with Crippen LogP contribution in [0, 0.1) is 0 Å². The molecule has 0 radical (unpaired) electrons. The van der Waals surface area contributed by atoms with E-state index in [0.717, 1.165) is 30.0 Å². The molecule has 1 aliphatic heterocycles. The summed E-state index contributed by atoms with van der Waals surface area (Å²) in [4.78, 5) is 0. The number of hydrogen-bond donors (Lipinski definition) is 0. The van der Waals surface area contributed by atoms with Crippen molar-refractivity contribution < 1.29 is 21.9 Å². The van der Waals surface area contributed by atoms with Crippen molar-refractivity contribution in [3.8, 4) is 0 Å². The van der Waals surface area contributed by atoms with Gasteiger partial charge in [0, 0.05) is 19.2 Å². The van der Waals surface area contributed by atoms with Gasteiger partial charge in [0.25, 0.3) is 10.0 Å². The maximum atomic E-state index is 14.1. The molecule has 4 nitrogen and oxygen atoms in total. The number of ether oxygens (including phenoxy) is 1. The third-order valence-corrected chi connectivity index (χ3v) is 5.95. The molecule has 0 aromatic rings. The minimum atomic E-state index is -4.65. The quantitative estimate of drug-likeness (QED) is 0.431. The molecule has 0 aromatic heterocycles. The smallest absolute Gasteiger partial charge is 0.378 e. The van der Waals surface area contributed by atoms with E-state index in [1.54, 1.807) is 22.6 Å². The first-order valence-corrected chi connectivity index (χ1v) is 9.65. The molecule has 1 heterocycles. The number of morpholine rings is 1. The third-order valence-electron chi connectivity index (χ3n) is 3.25. The largest absolute Gasteiger partial charge is 0.379 e. The summed E-state index contributed by atoms with van der Waals surface area (Å²) in [7, 11) is -4.65. The van der Waals surface area contributed by atoms with Gasteiger partial charge in [-0.2, -0.15) is 13.1 Å². The maximum absolute atomic E-state index is 14.1. The molecule has 0 bridgehead atoms. The number of alkyl halides is 2. The van der Waals surface area contributed by atoms with Crippen molar-refractivity contribution in [3.63, 3.8) is 0 Å². The molecule has 0 atom stereocenters. The number of allylic oxidation sites excluding steroid dienone is 1. The van der Waals surface area contributed by atoms with Gasteiger partial charge in [-0.15, -0.1) is 0 Å². The zero-order valence-corrected chi connectivity index (χ0v) is 15.1. The van der Waals surface area contributed by atoms with Gasteiger partial charge in [0.05, 0.1) is 13.2 Å². The van der Waals surface area contributed by atoms with E-state index < -0.39 is 15.3 Å². The Morgan fingerprint density at radius 3 is 2.48 bits per heavy atom. The lowest BCUT2D eigenvalue weighted by Gasteiger charge is -2.28. The molecule has 0 saturated carbocycles. The summed E-state index contributed by atoms with van der Waals surface area (Å²) in [6, 6.07) is 0. The van der Waals surface area contributed by atoms with Crippen LogP contribution >= 0.6 is 22.6 Å². The van der Waals surface area contributed by atoms with Crippen LogP contribution < -0.4 is 0 Å². The van der Waals surface area contributed by atoms with Crippen LogP contribution in [0.2, 0.25) is 0 Å². The van der Waals surface area contributed by atoms with Gasteiger partial charge in [-0.25, -0.2) is 8.42 Å². The van der Waals surface area contributed by atoms with Crippen molar-refractivity contribution >= 4 is 32.6 Å². The second-order valence-corrected chi connectivity index (χ2v) is 8.38. The topological polar surface area (TPSA) is 46.6 Å². The molecule has 0 spiro atoms. The highest BCUT2D eigenvalue weighted by Crippen LogP contribution is 2.31. The molecule has 21 heavy (non-hydrogen) atoms. The molecule has 1 aliphatic rings. The molecular formula is C13H22F2INO3S. The number of halogens is 3. The van der Waals surface area contributed by atoms with Gasteiger partial charge >= 0.3 is 5.25 Å². The first-order valence-electron chi connectivity index (χ1n) is 7.13. The highest BCUT2D eigenvalue weighted by molar-refractivity contribution is 14.1. The molecule has 0 N–H and O–H groups in total. The fraction of sp³-hybridized carbons (Fsp3) is 0.846. The minimum absolute atomic E-state index is 0.0150. The van der Waals surface area contributed by atoms with E-state index in [2.05, 4.69) is 6.92 Å². The third kappa shape index (κ3) is 5.72. The van der Waals surface area contributed by atoms with E-state index in [9.17, 15) is 17.2 Å².